The Balaban J connectivity index is 0.933. The van der Waals surface area contributed by atoms with E-state index in [0.717, 1.165) is 88.6 Å². The predicted octanol–water partition coefficient (Wildman–Crippen LogP) is 16.8. The first-order valence-corrected chi connectivity index (χ1v) is 20.7. The van der Waals surface area contributed by atoms with Crippen LogP contribution in [0, 0.1) is 0 Å². The van der Waals surface area contributed by atoms with Crippen LogP contribution >= 0.6 is 0 Å². The first kappa shape index (κ1) is 34.9. The van der Waals surface area contributed by atoms with E-state index in [9.17, 15) is 0 Å². The Morgan fingerprint density at radius 1 is 0.262 bits per heavy atom. The van der Waals surface area contributed by atoms with E-state index in [0.29, 0.717) is 0 Å². The summed E-state index contributed by atoms with van der Waals surface area (Å²) in [6.45, 7) is 0. The quantitative estimate of drug-likeness (QED) is 0.161. The number of furan rings is 2. The Hall–Kier alpha value is -8.14. The average Bonchev–Trinajstić information content (AvgIpc) is 3.92. The van der Waals surface area contributed by atoms with Crippen molar-refractivity contribution < 1.29 is 8.83 Å². The monoisotopic (exact) mass is 779 g/mol. The normalized spacial score (nSPS) is 11.6. The molecule has 2 heterocycles. The predicted molar refractivity (Wildman–Crippen MR) is 255 cm³/mol. The van der Waals surface area contributed by atoms with Crippen LogP contribution in [0.3, 0.4) is 0 Å². The van der Waals surface area contributed by atoms with Crippen molar-refractivity contribution in [2.45, 2.75) is 0 Å². The second-order valence-electron chi connectivity index (χ2n) is 15.6. The molecule has 0 saturated heterocycles. The summed E-state index contributed by atoms with van der Waals surface area (Å²) in [6.07, 6.45) is 0. The highest BCUT2D eigenvalue weighted by Gasteiger charge is 2.19. The molecule has 12 aromatic rings. The molecular formula is C58H37NO2. The lowest BCUT2D eigenvalue weighted by Gasteiger charge is -2.26. The molecule has 0 bridgehead atoms. The van der Waals surface area contributed by atoms with Crippen LogP contribution < -0.4 is 4.90 Å². The van der Waals surface area contributed by atoms with Gasteiger partial charge in [0, 0.05) is 49.6 Å². The number of hydrogen-bond acceptors (Lipinski definition) is 3. The van der Waals surface area contributed by atoms with Crippen LogP contribution in [-0.2, 0) is 0 Å². The highest BCUT2D eigenvalue weighted by atomic mass is 16.3. The van der Waals surface area contributed by atoms with Crippen LogP contribution in [0.15, 0.2) is 233 Å². The number of fused-ring (bicyclic) bond motifs is 8. The Labute approximate surface area is 353 Å². The van der Waals surface area contributed by atoms with Gasteiger partial charge in [-0.25, -0.2) is 0 Å². The lowest BCUT2D eigenvalue weighted by Crippen LogP contribution is -2.09. The zero-order valence-corrected chi connectivity index (χ0v) is 33.1. The van der Waals surface area contributed by atoms with E-state index < -0.39 is 0 Å². The molecule has 0 spiro atoms. The zero-order valence-electron chi connectivity index (χ0n) is 33.1. The Kier molecular flexibility index (Phi) is 8.17. The van der Waals surface area contributed by atoms with Crippen molar-refractivity contribution in [3.63, 3.8) is 0 Å². The molecule has 0 aliphatic heterocycles. The molecule has 0 unspecified atom stereocenters. The van der Waals surface area contributed by atoms with E-state index in [-0.39, 0.29) is 0 Å². The van der Waals surface area contributed by atoms with Gasteiger partial charge in [0.15, 0.2) is 0 Å². The topological polar surface area (TPSA) is 29.5 Å². The summed E-state index contributed by atoms with van der Waals surface area (Å²) in [5.41, 5.74) is 16.1. The van der Waals surface area contributed by atoms with Gasteiger partial charge < -0.3 is 13.7 Å². The molecule has 0 amide bonds. The highest BCUT2D eigenvalue weighted by molar-refractivity contribution is 6.21. The lowest BCUT2D eigenvalue weighted by atomic mass is 9.93. The Bertz CT molecular complexity index is 3560. The molecular weight excluding hydrogens is 743 g/mol. The van der Waals surface area contributed by atoms with Crippen molar-refractivity contribution in [3.05, 3.63) is 224 Å². The van der Waals surface area contributed by atoms with E-state index in [1.54, 1.807) is 0 Å². The maximum atomic E-state index is 6.93. The van der Waals surface area contributed by atoms with Gasteiger partial charge >= 0.3 is 0 Å². The van der Waals surface area contributed by atoms with Gasteiger partial charge in [-0.2, -0.15) is 0 Å². The molecule has 0 saturated carbocycles. The van der Waals surface area contributed by atoms with Crippen molar-refractivity contribution in [1.29, 1.82) is 0 Å². The van der Waals surface area contributed by atoms with E-state index in [4.69, 9.17) is 8.83 Å². The third-order valence-corrected chi connectivity index (χ3v) is 12.1. The van der Waals surface area contributed by atoms with Crippen LogP contribution in [0.1, 0.15) is 0 Å². The van der Waals surface area contributed by atoms with Crippen molar-refractivity contribution in [2.75, 3.05) is 4.90 Å². The molecule has 61 heavy (non-hydrogen) atoms. The molecule has 3 nitrogen and oxygen atoms in total. The third kappa shape index (κ3) is 5.90. The minimum Gasteiger partial charge on any atom is -0.456 e. The third-order valence-electron chi connectivity index (χ3n) is 12.1. The molecule has 0 aliphatic rings. The standard InChI is InChI=1S/C58H37NO2/c1-3-14-38(15-4-1)41-16-11-17-42(36-41)52-37-53-50-25-12-24-47(57(50)61-58(53)49-21-8-7-20-48(49)52)40-30-34-45(35-31-40)59(43-18-5-2-6-19-43)44-32-28-39(29-33-44)46-23-13-27-55-56(46)51-22-9-10-26-54(51)60-55/h1-37H. The molecule has 0 aliphatic carbocycles. The fourth-order valence-corrected chi connectivity index (χ4v) is 9.20. The molecule has 12 rings (SSSR count). The molecule has 2 aromatic heterocycles. The van der Waals surface area contributed by atoms with Crippen molar-refractivity contribution in [1.82, 2.24) is 0 Å². The lowest BCUT2D eigenvalue weighted by molar-refractivity contribution is 0.669. The molecule has 0 atom stereocenters. The second kappa shape index (κ2) is 14.3. The molecule has 10 aromatic carbocycles. The maximum Gasteiger partial charge on any atom is 0.143 e. The van der Waals surface area contributed by atoms with E-state index >= 15 is 0 Å². The van der Waals surface area contributed by atoms with Crippen molar-refractivity contribution in [3.8, 4) is 44.5 Å². The number of rotatable bonds is 7. The van der Waals surface area contributed by atoms with Crippen LogP contribution in [0.5, 0.6) is 0 Å². The summed E-state index contributed by atoms with van der Waals surface area (Å²) in [7, 11) is 0. The van der Waals surface area contributed by atoms with E-state index in [1.807, 2.05) is 18.2 Å². The first-order chi connectivity index (χ1) is 30.2. The van der Waals surface area contributed by atoms with Crippen LogP contribution in [0.4, 0.5) is 17.1 Å². The number of benzene rings is 10. The first-order valence-electron chi connectivity index (χ1n) is 20.7. The number of para-hydroxylation sites is 3. The molecule has 286 valence electrons. The summed E-state index contributed by atoms with van der Waals surface area (Å²) < 4.78 is 13.1. The minimum absolute atomic E-state index is 0.890. The average molecular weight is 780 g/mol. The van der Waals surface area contributed by atoms with Gasteiger partial charge in [0.2, 0.25) is 0 Å². The zero-order chi connectivity index (χ0) is 40.3. The van der Waals surface area contributed by atoms with Gasteiger partial charge in [0.25, 0.3) is 0 Å². The summed E-state index contributed by atoms with van der Waals surface area (Å²) in [5.74, 6) is 0. The summed E-state index contributed by atoms with van der Waals surface area (Å²) in [4.78, 5) is 2.31. The minimum atomic E-state index is 0.890. The SMILES string of the molecule is c1ccc(-c2cccc(-c3cc4c5cccc(-c6ccc(N(c7ccccc7)c7ccc(-c8cccc9oc%10ccccc%10c89)cc7)cc6)c5oc4c4ccccc34)c2)cc1. The molecule has 0 radical (unpaired) electrons. The van der Waals surface area contributed by atoms with Crippen LogP contribution in [0.25, 0.3) is 99.2 Å². The number of nitrogens with zero attached hydrogens (tertiary/aromatic N) is 1. The molecule has 0 fully saturated rings. The van der Waals surface area contributed by atoms with E-state index in [2.05, 4.69) is 211 Å². The Morgan fingerprint density at radius 3 is 1.56 bits per heavy atom. The van der Waals surface area contributed by atoms with Crippen molar-refractivity contribution >= 4 is 71.7 Å². The number of hydrogen-bond donors (Lipinski definition) is 0. The van der Waals surface area contributed by atoms with Gasteiger partial charge in [0.1, 0.15) is 22.3 Å². The van der Waals surface area contributed by atoms with Crippen LogP contribution in [-0.4, -0.2) is 0 Å². The summed E-state index contributed by atoms with van der Waals surface area (Å²) in [6, 6.07) is 79.7. The largest absolute Gasteiger partial charge is 0.456 e. The summed E-state index contributed by atoms with van der Waals surface area (Å²) >= 11 is 0. The molecule has 0 N–H and O–H groups in total. The molecule has 3 heteroatoms. The van der Waals surface area contributed by atoms with Crippen LogP contribution in [0.2, 0.25) is 0 Å². The fourth-order valence-electron chi connectivity index (χ4n) is 9.20. The fraction of sp³-hybridized carbons (Fsp3) is 0. The van der Waals surface area contributed by atoms with E-state index in [1.165, 1.54) is 27.6 Å². The van der Waals surface area contributed by atoms with Gasteiger partial charge in [-0.1, -0.05) is 164 Å². The summed E-state index contributed by atoms with van der Waals surface area (Å²) in [5, 5.41) is 6.77. The second-order valence-corrected chi connectivity index (χ2v) is 15.6. The maximum absolute atomic E-state index is 6.93. The van der Waals surface area contributed by atoms with Gasteiger partial charge in [0.05, 0.1) is 0 Å². The van der Waals surface area contributed by atoms with Gasteiger partial charge in [-0.05, 0) is 105 Å². The highest BCUT2D eigenvalue weighted by Crippen LogP contribution is 2.44. The van der Waals surface area contributed by atoms with Gasteiger partial charge in [-0.15, -0.1) is 0 Å². The Morgan fingerprint density at radius 2 is 0.787 bits per heavy atom. The van der Waals surface area contributed by atoms with Gasteiger partial charge in [-0.3, -0.25) is 0 Å². The smallest absolute Gasteiger partial charge is 0.143 e. The number of anilines is 3. The van der Waals surface area contributed by atoms with Crippen molar-refractivity contribution in [2.24, 2.45) is 0 Å².